The van der Waals surface area contributed by atoms with Gasteiger partial charge in [-0.05, 0) is 24.3 Å². The molecule has 0 aliphatic rings. The second kappa shape index (κ2) is 12.2. The molecule has 0 aliphatic carbocycles. The molecule has 120 valence electrons. The van der Waals surface area contributed by atoms with Gasteiger partial charge in [0.25, 0.3) is 5.82 Å². The maximum absolute atomic E-state index is 8.12. The van der Waals surface area contributed by atoms with Crippen LogP contribution in [0, 0.1) is 6.57 Å². The Bertz CT molecular complexity index is 954. The Labute approximate surface area is 184 Å². The molecule has 0 bridgehead atoms. The summed E-state index contributed by atoms with van der Waals surface area (Å²) in [6, 6.07) is 10.7. The van der Waals surface area contributed by atoms with Gasteiger partial charge in [0.2, 0.25) is 0 Å². The summed E-state index contributed by atoms with van der Waals surface area (Å²) in [5.41, 5.74) is 3.21. The molecule has 4 rings (SSSR count). The zero-order valence-corrected chi connectivity index (χ0v) is 16.2. The van der Waals surface area contributed by atoms with Gasteiger partial charge >= 0.3 is 57.5 Å². The molecule has 4 aromatic heterocycles. The molecule has 8 nitrogen and oxygen atoms in total. The molecule has 0 aromatic carbocycles. The Balaban J connectivity index is 0.000000378. The Hall–Kier alpha value is -2.15. The summed E-state index contributed by atoms with van der Waals surface area (Å²) in [5, 5.41) is 0. The first-order valence-corrected chi connectivity index (χ1v) is 6.27. The third-order valence-corrected chi connectivity index (χ3v) is 2.63. The van der Waals surface area contributed by atoms with Crippen LogP contribution in [-0.2, 0) is 9.59 Å². The molecule has 0 saturated heterocycles. The summed E-state index contributed by atoms with van der Waals surface area (Å²) in [5.74, 6) is 0.402. The standard InChI is InChI=1S/C8H4N2O.C7H5NO.CO2.K.H2O/c1-9-8-3-2-7-6(10-8)4-5-11-7;1-2-7-6(8-4-1)3-5-9-7;2-1-3;;/h2-5H;1-5H;;;1H2/q;;;+1;/p-1. The molecule has 25 heavy (non-hydrogen) atoms. The van der Waals surface area contributed by atoms with Crippen LogP contribution in [0.4, 0.5) is 5.82 Å². The molecule has 0 spiro atoms. The maximum Gasteiger partial charge on any atom is 1.00 e. The zero-order chi connectivity index (χ0) is 16.5. The van der Waals surface area contributed by atoms with Crippen LogP contribution in [0.15, 0.2) is 64.0 Å². The summed E-state index contributed by atoms with van der Waals surface area (Å²) in [6.07, 6.45) is 5.20. The summed E-state index contributed by atoms with van der Waals surface area (Å²) in [7, 11) is 0. The van der Waals surface area contributed by atoms with E-state index in [9.17, 15) is 0 Å². The van der Waals surface area contributed by atoms with E-state index in [0.717, 1.165) is 22.2 Å². The number of aromatic nitrogens is 2. The van der Waals surface area contributed by atoms with Crippen LogP contribution in [-0.4, -0.2) is 21.6 Å². The van der Waals surface area contributed by atoms with Crippen LogP contribution in [0.25, 0.3) is 27.0 Å². The van der Waals surface area contributed by atoms with Gasteiger partial charge in [0, 0.05) is 18.3 Å². The fourth-order valence-electron chi connectivity index (χ4n) is 1.70. The van der Waals surface area contributed by atoms with E-state index in [2.05, 4.69) is 14.8 Å². The van der Waals surface area contributed by atoms with E-state index in [-0.39, 0.29) is 63.0 Å². The van der Waals surface area contributed by atoms with Crippen LogP contribution in [0.5, 0.6) is 0 Å². The van der Waals surface area contributed by atoms with Crippen molar-refractivity contribution < 1.29 is 75.3 Å². The predicted octanol–water partition coefficient (Wildman–Crippen LogP) is 0.450. The van der Waals surface area contributed by atoms with Crippen molar-refractivity contribution >= 4 is 34.2 Å². The fraction of sp³-hybridized carbons (Fsp3) is 0. The Morgan fingerprint density at radius 2 is 1.56 bits per heavy atom. The zero-order valence-electron chi connectivity index (χ0n) is 13.1. The number of hydrogen-bond donors (Lipinski definition) is 0. The molecule has 4 aromatic rings. The van der Waals surface area contributed by atoms with Crippen LogP contribution < -0.4 is 51.4 Å². The van der Waals surface area contributed by atoms with Crippen molar-refractivity contribution in [1.82, 2.24) is 9.97 Å². The first kappa shape index (κ1) is 22.8. The van der Waals surface area contributed by atoms with Gasteiger partial charge in [0.05, 0.1) is 12.5 Å². The molecule has 0 atom stereocenters. The first-order chi connectivity index (χ1) is 11.3. The molecule has 9 heteroatoms. The van der Waals surface area contributed by atoms with E-state index in [1.807, 2.05) is 18.2 Å². The van der Waals surface area contributed by atoms with Gasteiger partial charge in [-0.15, -0.1) is 4.98 Å². The van der Waals surface area contributed by atoms with E-state index in [1.165, 1.54) is 0 Å². The SMILES string of the molecule is O=C=O.[C-]#[N+]c1ccc2occc2n1.[K+].[OH-].c1cnc2ccoc2c1. The quantitative estimate of drug-likeness (QED) is 0.328. The van der Waals surface area contributed by atoms with Crippen molar-refractivity contribution in [2.45, 2.75) is 0 Å². The van der Waals surface area contributed by atoms with Crippen LogP contribution in [0.3, 0.4) is 0 Å². The molecule has 0 amide bonds. The normalized spacial score (nSPS) is 8.28. The number of fused-ring (bicyclic) bond motifs is 2. The van der Waals surface area contributed by atoms with Crippen molar-refractivity contribution in [2.24, 2.45) is 0 Å². The van der Waals surface area contributed by atoms with E-state index in [4.69, 9.17) is 25.0 Å². The van der Waals surface area contributed by atoms with Crippen molar-refractivity contribution in [2.75, 3.05) is 0 Å². The minimum Gasteiger partial charge on any atom is -0.870 e. The van der Waals surface area contributed by atoms with Gasteiger partial charge in [-0.1, -0.05) is 6.57 Å². The summed E-state index contributed by atoms with van der Waals surface area (Å²) < 4.78 is 10.1. The van der Waals surface area contributed by atoms with E-state index in [0.29, 0.717) is 5.82 Å². The minimum atomic E-state index is 0. The number of rotatable bonds is 0. The Morgan fingerprint density at radius 1 is 0.960 bits per heavy atom. The first-order valence-electron chi connectivity index (χ1n) is 6.27. The summed E-state index contributed by atoms with van der Waals surface area (Å²) in [4.78, 5) is 27.5. The van der Waals surface area contributed by atoms with Gasteiger partial charge in [0.1, 0.15) is 5.52 Å². The smallest absolute Gasteiger partial charge is 0.870 e. The van der Waals surface area contributed by atoms with E-state index < -0.39 is 0 Å². The molecular weight excluding hydrogens is 353 g/mol. The predicted molar refractivity (Wildman–Crippen MR) is 81.2 cm³/mol. The van der Waals surface area contributed by atoms with Crippen LogP contribution in [0.1, 0.15) is 0 Å². The van der Waals surface area contributed by atoms with Crippen LogP contribution in [0.2, 0.25) is 0 Å². The van der Waals surface area contributed by atoms with Gasteiger partial charge in [-0.2, -0.15) is 9.59 Å². The monoisotopic (exact) mass is 363 g/mol. The van der Waals surface area contributed by atoms with Gasteiger partial charge in [-0.25, -0.2) is 0 Å². The minimum absolute atomic E-state index is 0. The van der Waals surface area contributed by atoms with E-state index >= 15 is 0 Å². The fourth-order valence-corrected chi connectivity index (χ4v) is 1.70. The van der Waals surface area contributed by atoms with Gasteiger partial charge in [-0.3, -0.25) is 4.98 Å². The average Bonchev–Trinajstić information content (AvgIpc) is 3.24. The topological polar surface area (TPSA) is 121 Å². The number of carbonyl (C=O) groups excluding carboxylic acids is 2. The molecule has 0 fully saturated rings. The summed E-state index contributed by atoms with van der Waals surface area (Å²) >= 11 is 0. The second-order valence-corrected chi connectivity index (χ2v) is 3.98. The Kier molecular flexibility index (Phi) is 11.2. The number of nitrogens with zero attached hydrogens (tertiary/aromatic N) is 3. The molecule has 0 saturated carbocycles. The third kappa shape index (κ3) is 6.70. The van der Waals surface area contributed by atoms with Crippen molar-refractivity contribution in [3.63, 3.8) is 0 Å². The maximum atomic E-state index is 8.12. The van der Waals surface area contributed by atoms with Crippen molar-refractivity contribution in [3.8, 4) is 0 Å². The van der Waals surface area contributed by atoms with Crippen LogP contribution >= 0.6 is 0 Å². The number of pyridine rings is 2. The van der Waals surface area contributed by atoms with Gasteiger partial charge < -0.3 is 19.2 Å². The Morgan fingerprint density at radius 3 is 2.16 bits per heavy atom. The van der Waals surface area contributed by atoms with Crippen molar-refractivity contribution in [3.05, 3.63) is 66.5 Å². The molecule has 0 radical (unpaired) electrons. The van der Waals surface area contributed by atoms with Crippen molar-refractivity contribution in [1.29, 1.82) is 0 Å². The molecule has 0 aliphatic heterocycles. The largest absolute Gasteiger partial charge is 1.00 e. The molecular formula is C16H10KN3O5. The molecule has 1 N–H and O–H groups in total. The van der Waals surface area contributed by atoms with Gasteiger partial charge in [0.15, 0.2) is 16.7 Å². The van der Waals surface area contributed by atoms with E-state index in [1.54, 1.807) is 36.9 Å². The third-order valence-electron chi connectivity index (χ3n) is 2.63. The number of hydrogen-bond acceptors (Lipinski definition) is 7. The average molecular weight is 363 g/mol. The second-order valence-electron chi connectivity index (χ2n) is 3.98. The molecule has 4 heterocycles. The number of furan rings is 2. The summed E-state index contributed by atoms with van der Waals surface area (Å²) in [6.45, 7) is 6.70. The molecule has 0 unspecified atom stereocenters.